The number of aryl methyl sites for hydroxylation is 1. The van der Waals surface area contributed by atoms with E-state index in [0.29, 0.717) is 19.7 Å². The fourth-order valence-electron chi connectivity index (χ4n) is 1.19. The molecule has 1 atom stereocenters. The summed E-state index contributed by atoms with van der Waals surface area (Å²) in [5.74, 6) is 0. The quantitative estimate of drug-likeness (QED) is 0.649. The van der Waals surface area contributed by atoms with Crippen LogP contribution in [0.2, 0.25) is 0 Å². The lowest BCUT2D eigenvalue weighted by Crippen LogP contribution is -2.30. The lowest BCUT2D eigenvalue weighted by Gasteiger charge is -2.10. The number of hydrogen-bond donors (Lipinski definition) is 2. The van der Waals surface area contributed by atoms with Crippen LogP contribution in [0.25, 0.3) is 0 Å². The molecule has 0 radical (unpaired) electrons. The first-order valence-corrected chi connectivity index (χ1v) is 4.58. The Morgan fingerprint density at radius 3 is 3.07 bits per heavy atom. The topological polar surface area (TPSA) is 59.3 Å². The Morgan fingerprint density at radius 2 is 2.50 bits per heavy atom. The van der Waals surface area contributed by atoms with E-state index in [4.69, 9.17) is 4.74 Å². The van der Waals surface area contributed by atoms with Crippen molar-refractivity contribution in [1.29, 1.82) is 0 Å². The summed E-state index contributed by atoms with van der Waals surface area (Å²) in [6.07, 6.45) is 1.30. The molecular weight excluding hydrogens is 182 g/mol. The standard InChI is InChI=1S/C9H17N3O2/c1-12-8(3-4-11-12)5-10-6-9(13)7-14-2/h3-4,9-10,13H,5-7H2,1-2H3. The molecular formula is C9H17N3O2. The number of nitrogens with one attached hydrogen (secondary N) is 1. The van der Waals surface area contributed by atoms with E-state index in [2.05, 4.69) is 10.4 Å². The molecule has 5 nitrogen and oxygen atoms in total. The molecule has 0 bridgehead atoms. The third kappa shape index (κ3) is 3.45. The second-order valence-electron chi connectivity index (χ2n) is 3.19. The van der Waals surface area contributed by atoms with Crippen molar-refractivity contribution < 1.29 is 9.84 Å². The summed E-state index contributed by atoms with van der Waals surface area (Å²) in [6, 6.07) is 1.94. The highest BCUT2D eigenvalue weighted by molar-refractivity contribution is 4.99. The first-order valence-electron chi connectivity index (χ1n) is 4.58. The van der Waals surface area contributed by atoms with E-state index in [1.165, 1.54) is 0 Å². The molecule has 0 amide bonds. The van der Waals surface area contributed by atoms with Gasteiger partial charge in [-0.25, -0.2) is 0 Å². The molecule has 5 heteroatoms. The van der Waals surface area contributed by atoms with Gasteiger partial charge in [-0.05, 0) is 6.07 Å². The van der Waals surface area contributed by atoms with Crippen molar-refractivity contribution in [2.24, 2.45) is 7.05 Å². The zero-order chi connectivity index (χ0) is 10.4. The number of rotatable bonds is 6. The average molecular weight is 199 g/mol. The van der Waals surface area contributed by atoms with Gasteiger partial charge in [0.2, 0.25) is 0 Å². The van der Waals surface area contributed by atoms with Crippen molar-refractivity contribution in [1.82, 2.24) is 15.1 Å². The predicted molar refractivity (Wildman–Crippen MR) is 52.8 cm³/mol. The van der Waals surface area contributed by atoms with Gasteiger partial charge in [0.1, 0.15) is 0 Å². The highest BCUT2D eigenvalue weighted by atomic mass is 16.5. The summed E-state index contributed by atoms with van der Waals surface area (Å²) in [7, 11) is 3.47. The minimum absolute atomic E-state index is 0.360. The summed E-state index contributed by atoms with van der Waals surface area (Å²) in [6.45, 7) is 1.59. The summed E-state index contributed by atoms with van der Waals surface area (Å²) in [5.41, 5.74) is 1.09. The Balaban J connectivity index is 2.19. The van der Waals surface area contributed by atoms with Gasteiger partial charge in [0, 0.05) is 33.4 Å². The van der Waals surface area contributed by atoms with Gasteiger partial charge in [0.25, 0.3) is 0 Å². The number of aliphatic hydroxyl groups is 1. The van der Waals surface area contributed by atoms with Gasteiger partial charge in [0.05, 0.1) is 18.4 Å². The molecule has 1 aromatic rings. The van der Waals surface area contributed by atoms with Gasteiger partial charge >= 0.3 is 0 Å². The van der Waals surface area contributed by atoms with Gasteiger partial charge in [-0.15, -0.1) is 0 Å². The monoisotopic (exact) mass is 199 g/mol. The van der Waals surface area contributed by atoms with Crippen LogP contribution in [-0.4, -0.2) is 41.3 Å². The maximum atomic E-state index is 9.34. The average Bonchev–Trinajstić information content (AvgIpc) is 2.52. The van der Waals surface area contributed by atoms with Crippen LogP contribution < -0.4 is 5.32 Å². The molecule has 0 aromatic carbocycles. The summed E-state index contributed by atoms with van der Waals surface area (Å²) >= 11 is 0. The number of methoxy groups -OCH3 is 1. The Morgan fingerprint density at radius 1 is 1.71 bits per heavy atom. The number of aliphatic hydroxyl groups excluding tert-OH is 1. The lowest BCUT2D eigenvalue weighted by molar-refractivity contribution is 0.0643. The first-order chi connectivity index (χ1) is 6.74. The molecule has 80 valence electrons. The molecule has 0 fully saturated rings. The van der Waals surface area contributed by atoms with Crippen LogP contribution in [0.15, 0.2) is 12.3 Å². The van der Waals surface area contributed by atoms with E-state index >= 15 is 0 Å². The molecule has 0 aliphatic rings. The van der Waals surface area contributed by atoms with Crippen molar-refractivity contribution in [3.8, 4) is 0 Å². The number of aromatic nitrogens is 2. The van der Waals surface area contributed by atoms with Crippen LogP contribution in [0.3, 0.4) is 0 Å². The fourth-order valence-corrected chi connectivity index (χ4v) is 1.19. The zero-order valence-electron chi connectivity index (χ0n) is 8.60. The molecule has 0 aliphatic heterocycles. The molecule has 0 aliphatic carbocycles. The molecule has 14 heavy (non-hydrogen) atoms. The highest BCUT2D eigenvalue weighted by Gasteiger charge is 2.03. The number of nitrogens with zero attached hydrogens (tertiary/aromatic N) is 2. The van der Waals surface area contributed by atoms with Crippen LogP contribution in [0.1, 0.15) is 5.69 Å². The van der Waals surface area contributed by atoms with Gasteiger partial charge in [-0.1, -0.05) is 0 Å². The van der Waals surface area contributed by atoms with Crippen molar-refractivity contribution in [3.63, 3.8) is 0 Å². The molecule has 1 rings (SSSR count). The minimum Gasteiger partial charge on any atom is -0.389 e. The molecule has 0 saturated heterocycles. The van der Waals surface area contributed by atoms with Gasteiger partial charge in [-0.2, -0.15) is 5.10 Å². The normalized spacial score (nSPS) is 13.1. The van der Waals surface area contributed by atoms with E-state index in [-0.39, 0.29) is 0 Å². The molecule has 1 unspecified atom stereocenters. The van der Waals surface area contributed by atoms with Crippen molar-refractivity contribution in [3.05, 3.63) is 18.0 Å². The van der Waals surface area contributed by atoms with E-state index in [1.54, 1.807) is 18.0 Å². The number of ether oxygens (including phenoxy) is 1. The third-order valence-electron chi connectivity index (χ3n) is 1.97. The molecule has 0 spiro atoms. The smallest absolute Gasteiger partial charge is 0.0897 e. The molecule has 2 N–H and O–H groups in total. The highest BCUT2D eigenvalue weighted by Crippen LogP contribution is 1.94. The third-order valence-corrected chi connectivity index (χ3v) is 1.97. The zero-order valence-corrected chi connectivity index (χ0v) is 8.60. The maximum absolute atomic E-state index is 9.34. The fraction of sp³-hybridized carbons (Fsp3) is 0.667. The van der Waals surface area contributed by atoms with Crippen molar-refractivity contribution in [2.75, 3.05) is 20.3 Å². The molecule has 1 heterocycles. The van der Waals surface area contributed by atoms with E-state index in [9.17, 15) is 5.11 Å². The van der Waals surface area contributed by atoms with Gasteiger partial charge in [-0.3, -0.25) is 4.68 Å². The van der Waals surface area contributed by atoms with Crippen molar-refractivity contribution in [2.45, 2.75) is 12.6 Å². The Bertz CT molecular complexity index is 262. The summed E-state index contributed by atoms with van der Waals surface area (Å²) < 4.78 is 6.61. The SMILES string of the molecule is COCC(O)CNCc1ccnn1C. The van der Waals surface area contributed by atoms with E-state index in [0.717, 1.165) is 5.69 Å². The van der Waals surface area contributed by atoms with E-state index < -0.39 is 6.10 Å². The molecule has 0 saturated carbocycles. The second-order valence-corrected chi connectivity index (χ2v) is 3.19. The second kappa shape index (κ2) is 5.74. The first kappa shape index (κ1) is 11.2. The Hall–Kier alpha value is -0.910. The summed E-state index contributed by atoms with van der Waals surface area (Å²) in [4.78, 5) is 0. The van der Waals surface area contributed by atoms with Crippen molar-refractivity contribution >= 4 is 0 Å². The largest absolute Gasteiger partial charge is 0.389 e. The van der Waals surface area contributed by atoms with Gasteiger partial charge in [0.15, 0.2) is 0 Å². The lowest BCUT2D eigenvalue weighted by atomic mass is 10.3. The minimum atomic E-state index is -0.451. The molecule has 1 aromatic heterocycles. The van der Waals surface area contributed by atoms with Gasteiger partial charge < -0.3 is 15.2 Å². The van der Waals surface area contributed by atoms with Crippen LogP contribution in [0, 0.1) is 0 Å². The maximum Gasteiger partial charge on any atom is 0.0897 e. The van der Waals surface area contributed by atoms with Crippen LogP contribution in [-0.2, 0) is 18.3 Å². The Kier molecular flexibility index (Phi) is 4.58. The van der Waals surface area contributed by atoms with E-state index in [1.807, 2.05) is 13.1 Å². The predicted octanol–water partition coefficient (Wildman–Crippen LogP) is -0.483. The van der Waals surface area contributed by atoms with Crippen LogP contribution >= 0.6 is 0 Å². The Labute approximate surface area is 83.7 Å². The number of hydrogen-bond acceptors (Lipinski definition) is 4. The summed E-state index contributed by atoms with van der Waals surface area (Å²) in [5, 5.41) is 16.5. The van der Waals surface area contributed by atoms with Crippen LogP contribution in [0.5, 0.6) is 0 Å². The van der Waals surface area contributed by atoms with Crippen LogP contribution in [0.4, 0.5) is 0 Å².